The lowest BCUT2D eigenvalue weighted by atomic mass is 10.2. The lowest BCUT2D eigenvalue weighted by Crippen LogP contribution is -2.16. The monoisotopic (exact) mass is 255 g/mol. The van der Waals surface area contributed by atoms with Crippen LogP contribution in [0.25, 0.3) is 0 Å². The molecule has 0 spiro atoms. The summed E-state index contributed by atoms with van der Waals surface area (Å²) in [6, 6.07) is 8.49. The van der Waals surface area contributed by atoms with E-state index in [1.807, 2.05) is 6.07 Å². The number of para-hydroxylation sites is 1. The van der Waals surface area contributed by atoms with Gasteiger partial charge in [0.05, 0.1) is 11.3 Å². The summed E-state index contributed by atoms with van der Waals surface area (Å²) in [5, 5.41) is 21.2. The normalized spacial score (nSPS) is 9.95. The van der Waals surface area contributed by atoms with E-state index in [2.05, 4.69) is 5.32 Å². The molecule has 2 N–H and O–H groups in total. The predicted octanol–water partition coefficient (Wildman–Crippen LogP) is 2.16. The van der Waals surface area contributed by atoms with Crippen LogP contribution in [0, 0.1) is 18.3 Å². The van der Waals surface area contributed by atoms with Crippen LogP contribution in [0.3, 0.4) is 0 Å². The van der Waals surface area contributed by atoms with Gasteiger partial charge in [0.25, 0.3) is 5.91 Å². The fourth-order valence-corrected chi connectivity index (χ4v) is 1.84. The van der Waals surface area contributed by atoms with Crippen LogP contribution in [0.15, 0.2) is 30.5 Å². The molecule has 0 saturated heterocycles. The molecule has 0 bridgehead atoms. The maximum Gasteiger partial charge on any atom is 0.272 e. The molecular formula is C14H13N3O2. The van der Waals surface area contributed by atoms with E-state index in [-0.39, 0.29) is 11.7 Å². The minimum Gasteiger partial charge on any atom is -0.506 e. The van der Waals surface area contributed by atoms with E-state index >= 15 is 0 Å². The third-order valence-electron chi connectivity index (χ3n) is 2.86. The van der Waals surface area contributed by atoms with Gasteiger partial charge in [-0.3, -0.25) is 4.79 Å². The number of rotatable bonds is 2. The smallest absolute Gasteiger partial charge is 0.272 e. The van der Waals surface area contributed by atoms with Crippen molar-refractivity contribution in [3.8, 4) is 11.8 Å². The molecule has 0 saturated carbocycles. The van der Waals surface area contributed by atoms with Crippen LogP contribution in [0.1, 0.15) is 21.6 Å². The van der Waals surface area contributed by atoms with Crippen LogP contribution in [-0.4, -0.2) is 15.6 Å². The van der Waals surface area contributed by atoms with Crippen molar-refractivity contribution in [1.29, 1.82) is 5.26 Å². The lowest BCUT2D eigenvalue weighted by molar-refractivity contribution is 0.101. The van der Waals surface area contributed by atoms with E-state index < -0.39 is 0 Å². The zero-order valence-electron chi connectivity index (χ0n) is 10.6. The number of hydrogen-bond donors (Lipinski definition) is 2. The molecule has 96 valence electrons. The minimum absolute atomic E-state index is 0.0167. The molecule has 5 heteroatoms. The highest BCUT2D eigenvalue weighted by molar-refractivity contribution is 6.04. The van der Waals surface area contributed by atoms with Gasteiger partial charge in [-0.1, -0.05) is 12.1 Å². The number of carbonyl (C=O) groups is 1. The summed E-state index contributed by atoms with van der Waals surface area (Å²) in [5.41, 5.74) is 1.93. The molecule has 0 aliphatic rings. The van der Waals surface area contributed by atoms with Gasteiger partial charge in [0, 0.05) is 13.2 Å². The molecule has 5 nitrogen and oxygen atoms in total. The van der Waals surface area contributed by atoms with Gasteiger partial charge in [-0.2, -0.15) is 5.26 Å². The third-order valence-corrected chi connectivity index (χ3v) is 2.86. The van der Waals surface area contributed by atoms with Gasteiger partial charge in [0.1, 0.15) is 17.5 Å². The number of nitriles is 1. The maximum atomic E-state index is 12.1. The Balaban J connectivity index is 2.31. The number of nitrogens with zero attached hydrogens (tertiary/aromatic N) is 2. The molecule has 1 heterocycles. The Morgan fingerprint density at radius 3 is 2.79 bits per heavy atom. The fraction of sp³-hybridized carbons (Fsp3) is 0.143. The first-order chi connectivity index (χ1) is 9.02. The summed E-state index contributed by atoms with van der Waals surface area (Å²) in [6.45, 7) is 1.79. The summed E-state index contributed by atoms with van der Waals surface area (Å²) in [5.74, 6) is -0.350. The Morgan fingerprint density at radius 2 is 2.21 bits per heavy atom. The maximum absolute atomic E-state index is 12.1. The number of amides is 1. The quantitative estimate of drug-likeness (QED) is 0.807. The molecule has 0 radical (unpaired) electrons. The van der Waals surface area contributed by atoms with Crippen molar-refractivity contribution in [2.24, 2.45) is 7.05 Å². The Bertz CT molecular complexity index is 660. The van der Waals surface area contributed by atoms with Gasteiger partial charge in [-0.15, -0.1) is 0 Å². The van der Waals surface area contributed by atoms with Crippen molar-refractivity contribution in [2.45, 2.75) is 6.92 Å². The molecule has 0 fully saturated rings. The van der Waals surface area contributed by atoms with E-state index in [0.717, 1.165) is 5.56 Å². The molecule has 0 aliphatic carbocycles. The molecule has 0 atom stereocenters. The second-order valence-corrected chi connectivity index (χ2v) is 4.26. The first-order valence-corrected chi connectivity index (χ1v) is 5.69. The second kappa shape index (κ2) is 4.86. The molecule has 1 aromatic heterocycles. The number of nitrogens with one attached hydrogen (secondary N) is 1. The van der Waals surface area contributed by atoms with E-state index in [0.29, 0.717) is 16.9 Å². The topological polar surface area (TPSA) is 78.1 Å². The average Bonchev–Trinajstić information content (AvgIpc) is 2.75. The van der Waals surface area contributed by atoms with Gasteiger partial charge in [0.2, 0.25) is 0 Å². The number of hydrogen-bond acceptors (Lipinski definition) is 3. The highest BCUT2D eigenvalue weighted by Gasteiger charge is 2.14. The molecule has 0 unspecified atom stereocenters. The molecule has 2 rings (SSSR count). The summed E-state index contributed by atoms with van der Waals surface area (Å²) in [4.78, 5) is 12.1. The Morgan fingerprint density at radius 1 is 1.47 bits per heavy atom. The van der Waals surface area contributed by atoms with Crippen LogP contribution in [-0.2, 0) is 7.05 Å². The van der Waals surface area contributed by atoms with Crippen LogP contribution in [0.5, 0.6) is 5.75 Å². The standard InChI is InChI=1S/C14H13N3O2/c1-9-4-3-5-12(18)13(9)16-14(19)11-6-10(7-15)8-17(11)2/h3-6,8,18H,1-2H3,(H,16,19). The summed E-state index contributed by atoms with van der Waals surface area (Å²) in [7, 11) is 1.69. The Hall–Kier alpha value is -2.74. The first kappa shape index (κ1) is 12.7. The summed E-state index contributed by atoms with van der Waals surface area (Å²) in [6.07, 6.45) is 1.58. The number of anilines is 1. The number of phenolic OH excluding ortho intramolecular Hbond substituents is 1. The van der Waals surface area contributed by atoms with Crippen molar-refractivity contribution in [3.05, 3.63) is 47.3 Å². The predicted molar refractivity (Wildman–Crippen MR) is 70.9 cm³/mol. The molecular weight excluding hydrogens is 242 g/mol. The van der Waals surface area contributed by atoms with Crippen molar-refractivity contribution >= 4 is 11.6 Å². The van der Waals surface area contributed by atoms with Gasteiger partial charge < -0.3 is 15.0 Å². The summed E-state index contributed by atoms with van der Waals surface area (Å²) < 4.78 is 1.57. The van der Waals surface area contributed by atoms with Crippen molar-refractivity contribution in [1.82, 2.24) is 4.57 Å². The number of aryl methyl sites for hydroxylation is 2. The highest BCUT2D eigenvalue weighted by atomic mass is 16.3. The van der Waals surface area contributed by atoms with Crippen molar-refractivity contribution < 1.29 is 9.90 Å². The summed E-state index contributed by atoms with van der Waals surface area (Å²) >= 11 is 0. The zero-order valence-corrected chi connectivity index (χ0v) is 10.6. The van der Waals surface area contributed by atoms with E-state index in [1.165, 1.54) is 12.1 Å². The second-order valence-electron chi connectivity index (χ2n) is 4.26. The number of phenols is 1. The van der Waals surface area contributed by atoms with E-state index in [4.69, 9.17) is 5.26 Å². The van der Waals surface area contributed by atoms with Gasteiger partial charge in [0.15, 0.2) is 0 Å². The van der Waals surface area contributed by atoms with E-state index in [9.17, 15) is 9.90 Å². The van der Waals surface area contributed by atoms with Crippen molar-refractivity contribution in [3.63, 3.8) is 0 Å². The number of aromatic hydroxyl groups is 1. The largest absolute Gasteiger partial charge is 0.506 e. The minimum atomic E-state index is -0.367. The zero-order chi connectivity index (χ0) is 14.0. The Labute approximate surface area is 110 Å². The van der Waals surface area contributed by atoms with Gasteiger partial charge in [-0.25, -0.2) is 0 Å². The highest BCUT2D eigenvalue weighted by Crippen LogP contribution is 2.27. The number of carbonyl (C=O) groups excluding carboxylic acids is 1. The SMILES string of the molecule is Cc1cccc(O)c1NC(=O)c1cc(C#N)cn1C. The lowest BCUT2D eigenvalue weighted by Gasteiger charge is -2.10. The van der Waals surface area contributed by atoms with Crippen LogP contribution in [0.4, 0.5) is 5.69 Å². The molecule has 0 aliphatic heterocycles. The molecule has 2 aromatic rings. The van der Waals surface area contributed by atoms with Crippen LogP contribution < -0.4 is 5.32 Å². The van der Waals surface area contributed by atoms with Crippen LogP contribution >= 0.6 is 0 Å². The van der Waals surface area contributed by atoms with Gasteiger partial charge >= 0.3 is 0 Å². The van der Waals surface area contributed by atoms with Gasteiger partial charge in [-0.05, 0) is 24.6 Å². The average molecular weight is 255 g/mol. The van der Waals surface area contributed by atoms with Crippen LogP contribution in [0.2, 0.25) is 0 Å². The Kier molecular flexibility index (Phi) is 3.25. The molecule has 1 aromatic carbocycles. The van der Waals surface area contributed by atoms with E-state index in [1.54, 1.807) is 36.9 Å². The number of aromatic nitrogens is 1. The molecule has 19 heavy (non-hydrogen) atoms. The first-order valence-electron chi connectivity index (χ1n) is 5.69. The number of benzene rings is 1. The van der Waals surface area contributed by atoms with Crippen molar-refractivity contribution in [2.75, 3.05) is 5.32 Å². The molecule has 1 amide bonds. The third kappa shape index (κ3) is 2.43. The fourth-order valence-electron chi connectivity index (χ4n) is 1.84.